The predicted octanol–water partition coefficient (Wildman–Crippen LogP) is 6.32. The van der Waals surface area contributed by atoms with E-state index in [9.17, 15) is 44.1 Å². The van der Waals surface area contributed by atoms with Crippen LogP contribution in [0.2, 0.25) is 0 Å². The van der Waals surface area contributed by atoms with E-state index in [1.807, 2.05) is 18.2 Å². The van der Waals surface area contributed by atoms with Gasteiger partial charge in [-0.15, -0.1) is 0 Å². The van der Waals surface area contributed by atoms with Gasteiger partial charge >= 0.3 is 11.9 Å². The van der Waals surface area contributed by atoms with E-state index in [4.69, 9.17) is 4.74 Å². The minimum atomic E-state index is -1.27. The van der Waals surface area contributed by atoms with Crippen LogP contribution in [-0.2, 0) is 36.8 Å². The summed E-state index contributed by atoms with van der Waals surface area (Å²) in [6.45, 7) is 7.73. The van der Waals surface area contributed by atoms with Gasteiger partial charge in [-0.3, -0.25) is 19.2 Å². The van der Waals surface area contributed by atoms with Crippen molar-refractivity contribution in [1.29, 1.82) is 0 Å². The van der Waals surface area contributed by atoms with E-state index in [0.29, 0.717) is 72.4 Å². The molecule has 406 valence electrons. The number of nitrogens with zero attached hydrogens (tertiary/aromatic N) is 4. The number of phenolic OH excluding ortho intramolecular Hbond substituents is 2. The number of phenols is 2. The molecule has 2 aliphatic carbocycles. The van der Waals surface area contributed by atoms with E-state index in [1.165, 1.54) is 20.0 Å². The SMILES string of the molecule is COC(=O)[C@H](CNC(=O)CC1CCCCC1)NC(=O)c1c(C)nc(NCCCc2cccc(O)c2)nc1C.Cc1nc(NCCCc2cccc(O)c2)nc(C)c1C(=O)N[C@@H](CNC(=O)CC1CCCCC1)C(=O)O. The number of amides is 4. The molecule has 0 unspecified atom stereocenters. The van der Waals surface area contributed by atoms with Gasteiger partial charge in [-0.05, 0) is 126 Å². The van der Waals surface area contributed by atoms with Gasteiger partial charge in [0.2, 0.25) is 23.7 Å². The topological polar surface area (TPSA) is 296 Å². The number of carbonyl (C=O) groups excluding carboxylic acids is 5. The highest BCUT2D eigenvalue weighted by Gasteiger charge is 2.28. The van der Waals surface area contributed by atoms with E-state index in [2.05, 4.69) is 51.8 Å². The molecule has 2 fully saturated rings. The second-order valence-electron chi connectivity index (χ2n) is 19.5. The summed E-state index contributed by atoms with van der Waals surface area (Å²) in [4.78, 5) is 92.3. The lowest BCUT2D eigenvalue weighted by Gasteiger charge is -2.22. The van der Waals surface area contributed by atoms with Crippen molar-refractivity contribution in [1.82, 2.24) is 41.2 Å². The molecule has 0 bridgehead atoms. The minimum Gasteiger partial charge on any atom is -0.508 e. The first kappa shape index (κ1) is 58.5. The van der Waals surface area contributed by atoms with E-state index < -0.39 is 35.8 Å². The normalized spacial score (nSPS) is 14.5. The third kappa shape index (κ3) is 19.8. The zero-order valence-corrected chi connectivity index (χ0v) is 44.1. The maximum absolute atomic E-state index is 13.1. The molecular formula is C55H76N10O10. The van der Waals surface area contributed by atoms with Gasteiger partial charge in [-0.2, -0.15) is 0 Å². The Balaban J connectivity index is 0.000000277. The van der Waals surface area contributed by atoms with Crippen LogP contribution in [0.15, 0.2) is 48.5 Å². The van der Waals surface area contributed by atoms with Gasteiger partial charge in [-0.1, -0.05) is 62.8 Å². The standard InChI is InChI=1S/C28H39N5O5.C27H37N5O5/c1-18-25(19(2)32-28(31-18)29-14-8-12-20-11-7-13-22(34)15-20)26(36)33-23(27(37)38-3)17-30-24(35)16-21-9-5-4-6-10-21;1-17-24(18(2)31-27(30-17)28-13-7-11-19-10-6-12-21(33)14-19)25(35)32-22(26(36)37)16-29-23(34)15-20-8-4-3-5-9-20/h7,11,13,15,21,23,34H,4-6,8-10,12,14,16-17H2,1-3H3,(H,30,35)(H,33,36)(H,29,31,32);6,10,12,14,20,22,33H,3-5,7-9,11,13,15-16H2,1-2H3,(H,29,34)(H,32,35)(H,36,37)(H,28,30,31)/t23-;22-/m00/s1. The van der Waals surface area contributed by atoms with Crippen LogP contribution >= 0.6 is 0 Å². The van der Waals surface area contributed by atoms with Crippen LogP contribution in [0.3, 0.4) is 0 Å². The summed E-state index contributed by atoms with van der Waals surface area (Å²) in [6.07, 6.45) is 15.1. The first-order valence-electron chi connectivity index (χ1n) is 26.2. The molecule has 0 spiro atoms. The number of carboxylic acids is 1. The summed E-state index contributed by atoms with van der Waals surface area (Å²) in [5, 5.41) is 45.6. The van der Waals surface area contributed by atoms with Crippen LogP contribution in [0.5, 0.6) is 11.5 Å². The molecule has 2 atom stereocenters. The number of ether oxygens (including phenoxy) is 1. The summed E-state index contributed by atoms with van der Waals surface area (Å²) in [6, 6.07) is 12.0. The van der Waals surface area contributed by atoms with Gasteiger partial charge in [0.25, 0.3) is 11.8 Å². The lowest BCUT2D eigenvalue weighted by Crippen LogP contribution is -2.49. The Bertz CT molecular complexity index is 2520. The molecule has 0 saturated heterocycles. The number of aromatic nitrogens is 4. The van der Waals surface area contributed by atoms with Crippen LogP contribution in [0.4, 0.5) is 11.9 Å². The molecule has 4 amide bonds. The van der Waals surface area contributed by atoms with Crippen LogP contribution in [-0.4, -0.2) is 116 Å². The third-order valence-electron chi connectivity index (χ3n) is 13.5. The molecule has 20 heteroatoms. The summed E-state index contributed by atoms with van der Waals surface area (Å²) >= 11 is 0. The molecule has 20 nitrogen and oxygen atoms in total. The van der Waals surface area contributed by atoms with Crippen molar-refractivity contribution in [3.05, 3.63) is 93.6 Å². The number of methoxy groups -OCH3 is 1. The number of aromatic hydroxyl groups is 2. The Morgan fingerprint density at radius 1 is 0.587 bits per heavy atom. The van der Waals surface area contributed by atoms with Crippen LogP contribution < -0.4 is 31.9 Å². The average molecular weight is 1040 g/mol. The number of hydrogen-bond acceptors (Lipinski definition) is 15. The van der Waals surface area contributed by atoms with Crippen molar-refractivity contribution in [2.24, 2.45) is 11.8 Å². The molecule has 0 aliphatic heterocycles. The second-order valence-corrected chi connectivity index (χ2v) is 19.5. The zero-order chi connectivity index (χ0) is 54.3. The summed E-state index contributed by atoms with van der Waals surface area (Å²) in [5.74, 6) is -1.31. The monoisotopic (exact) mass is 1040 g/mol. The number of aryl methyl sites for hydroxylation is 6. The first-order valence-corrected chi connectivity index (χ1v) is 26.2. The highest BCUT2D eigenvalue weighted by atomic mass is 16.5. The zero-order valence-electron chi connectivity index (χ0n) is 44.1. The number of nitrogens with one attached hydrogen (secondary N) is 6. The molecule has 2 heterocycles. The fourth-order valence-electron chi connectivity index (χ4n) is 9.54. The molecule has 9 N–H and O–H groups in total. The number of aliphatic carboxylic acids is 1. The lowest BCUT2D eigenvalue weighted by atomic mass is 9.87. The van der Waals surface area contributed by atoms with E-state index in [1.54, 1.807) is 58.0 Å². The van der Waals surface area contributed by atoms with Crippen molar-refractivity contribution < 1.29 is 48.8 Å². The minimum absolute atomic E-state index is 0.0538. The number of anilines is 2. The van der Waals surface area contributed by atoms with Crippen LogP contribution in [0, 0.1) is 39.5 Å². The fraction of sp³-hybridized carbons (Fsp3) is 0.527. The number of carbonyl (C=O) groups is 6. The van der Waals surface area contributed by atoms with Gasteiger partial charge in [0.15, 0.2) is 0 Å². The summed E-state index contributed by atoms with van der Waals surface area (Å²) < 4.78 is 4.84. The summed E-state index contributed by atoms with van der Waals surface area (Å²) in [7, 11) is 1.24. The predicted molar refractivity (Wildman–Crippen MR) is 283 cm³/mol. The molecule has 2 aliphatic rings. The number of hydrogen-bond donors (Lipinski definition) is 9. The first-order chi connectivity index (χ1) is 36.0. The highest BCUT2D eigenvalue weighted by molar-refractivity contribution is 5.99. The van der Waals surface area contributed by atoms with Crippen LogP contribution in [0.1, 0.15) is 145 Å². The van der Waals surface area contributed by atoms with Crippen molar-refractivity contribution in [2.75, 3.05) is 43.9 Å². The molecule has 6 rings (SSSR count). The maximum Gasteiger partial charge on any atom is 0.330 e. The molecule has 0 radical (unpaired) electrons. The third-order valence-corrected chi connectivity index (χ3v) is 13.5. The Kier molecular flexibility index (Phi) is 23.5. The van der Waals surface area contributed by atoms with Gasteiger partial charge in [0, 0.05) is 39.0 Å². The van der Waals surface area contributed by atoms with Gasteiger partial charge < -0.3 is 52.0 Å². The van der Waals surface area contributed by atoms with Crippen LogP contribution in [0.25, 0.3) is 0 Å². The molecular weight excluding hydrogens is 961 g/mol. The Hall–Kier alpha value is -7.38. The van der Waals surface area contributed by atoms with Gasteiger partial charge in [-0.25, -0.2) is 29.5 Å². The van der Waals surface area contributed by atoms with Crippen molar-refractivity contribution >= 4 is 47.5 Å². The molecule has 2 aromatic heterocycles. The number of esters is 1. The van der Waals surface area contributed by atoms with E-state index in [-0.39, 0.29) is 47.5 Å². The average Bonchev–Trinajstić information content (AvgIpc) is 3.37. The van der Waals surface area contributed by atoms with Crippen molar-refractivity contribution in [3.8, 4) is 11.5 Å². The summed E-state index contributed by atoms with van der Waals surface area (Å²) in [5.41, 5.74) is 4.34. The second kappa shape index (κ2) is 30.1. The van der Waals surface area contributed by atoms with E-state index in [0.717, 1.165) is 88.2 Å². The highest BCUT2D eigenvalue weighted by Crippen LogP contribution is 2.27. The quantitative estimate of drug-likeness (QED) is 0.0274. The molecule has 2 aromatic carbocycles. The smallest absolute Gasteiger partial charge is 0.330 e. The van der Waals surface area contributed by atoms with Gasteiger partial charge in [0.05, 0.1) is 41.0 Å². The molecule has 75 heavy (non-hydrogen) atoms. The maximum atomic E-state index is 13.1. The van der Waals surface area contributed by atoms with Crippen molar-refractivity contribution in [3.63, 3.8) is 0 Å². The number of carboxylic acid groups (broad SMARTS) is 1. The Morgan fingerprint density at radius 3 is 1.35 bits per heavy atom. The lowest BCUT2D eigenvalue weighted by molar-refractivity contribution is -0.143. The fourth-order valence-corrected chi connectivity index (χ4v) is 9.54. The molecule has 2 saturated carbocycles. The number of rotatable bonds is 24. The Labute approximate surface area is 439 Å². The molecule has 4 aromatic rings. The Morgan fingerprint density at radius 2 is 0.973 bits per heavy atom. The van der Waals surface area contributed by atoms with E-state index >= 15 is 0 Å². The number of benzene rings is 2. The van der Waals surface area contributed by atoms with Crippen molar-refractivity contribution in [2.45, 2.75) is 143 Å². The van der Waals surface area contributed by atoms with Gasteiger partial charge in [0.1, 0.15) is 23.6 Å². The largest absolute Gasteiger partial charge is 0.508 e.